The number of aromatic carboxylic acids is 1. The minimum absolute atomic E-state index is 0.00794. The summed E-state index contributed by atoms with van der Waals surface area (Å²) >= 11 is 0. The normalized spacial score (nSPS) is 10.8. The maximum absolute atomic E-state index is 10.9. The Morgan fingerprint density at radius 1 is 1.35 bits per heavy atom. The predicted molar refractivity (Wildman–Crippen MR) is 73.3 cm³/mol. The molecular formula is C14H16N2O4. The molecule has 20 heavy (non-hydrogen) atoms. The zero-order valence-corrected chi connectivity index (χ0v) is 11.5. The lowest BCUT2D eigenvalue weighted by molar-refractivity contribution is 0.0690. The lowest BCUT2D eigenvalue weighted by atomic mass is 9.98. The summed E-state index contributed by atoms with van der Waals surface area (Å²) in [6, 6.07) is 4.88. The van der Waals surface area contributed by atoms with Crippen LogP contribution in [0, 0.1) is 0 Å². The van der Waals surface area contributed by atoms with E-state index in [0.29, 0.717) is 11.3 Å². The minimum Gasteiger partial charge on any atom is -0.504 e. The largest absolute Gasteiger partial charge is 0.504 e. The standard InChI is InChI=1S/C14H16N2O4/c1-7(2)8-4-9(13(20-3)12(17)5-8)10-6-11(14(18)19)16-15-10/h4-7,17H,1-3H3,(H,15,16)(H,18,19). The van der Waals surface area contributed by atoms with Crippen molar-refractivity contribution < 1.29 is 19.7 Å². The van der Waals surface area contributed by atoms with Gasteiger partial charge in [-0.2, -0.15) is 5.10 Å². The molecule has 0 aliphatic rings. The number of carboxylic acids is 1. The highest BCUT2D eigenvalue weighted by Crippen LogP contribution is 2.39. The molecule has 0 amide bonds. The van der Waals surface area contributed by atoms with E-state index in [0.717, 1.165) is 5.56 Å². The molecular weight excluding hydrogens is 260 g/mol. The first-order valence-corrected chi connectivity index (χ1v) is 6.14. The number of ether oxygens (including phenoxy) is 1. The fourth-order valence-corrected chi connectivity index (χ4v) is 1.94. The molecule has 1 aromatic heterocycles. The number of aromatic hydroxyl groups is 1. The third kappa shape index (κ3) is 2.45. The Kier molecular flexibility index (Phi) is 3.65. The van der Waals surface area contributed by atoms with E-state index < -0.39 is 5.97 Å². The molecule has 0 atom stereocenters. The first-order chi connectivity index (χ1) is 9.43. The van der Waals surface area contributed by atoms with Gasteiger partial charge in [-0.1, -0.05) is 13.8 Å². The zero-order valence-electron chi connectivity index (χ0n) is 11.5. The van der Waals surface area contributed by atoms with Gasteiger partial charge in [0.2, 0.25) is 0 Å². The van der Waals surface area contributed by atoms with E-state index in [1.165, 1.54) is 13.2 Å². The van der Waals surface area contributed by atoms with Crippen LogP contribution in [0.1, 0.15) is 35.8 Å². The van der Waals surface area contributed by atoms with Crippen molar-refractivity contribution in [2.45, 2.75) is 19.8 Å². The SMILES string of the molecule is COc1c(O)cc(C(C)C)cc1-c1cc(C(=O)O)[nH]n1. The van der Waals surface area contributed by atoms with Crippen molar-refractivity contribution in [1.82, 2.24) is 10.2 Å². The molecule has 0 spiro atoms. The second-order valence-corrected chi connectivity index (χ2v) is 4.75. The second kappa shape index (κ2) is 5.24. The van der Waals surface area contributed by atoms with Crippen LogP contribution in [0.25, 0.3) is 11.3 Å². The number of hydrogen-bond donors (Lipinski definition) is 3. The van der Waals surface area contributed by atoms with Gasteiger partial charge in [0.15, 0.2) is 11.5 Å². The zero-order chi connectivity index (χ0) is 14.9. The summed E-state index contributed by atoms with van der Waals surface area (Å²) < 4.78 is 5.18. The van der Waals surface area contributed by atoms with E-state index in [9.17, 15) is 9.90 Å². The van der Waals surface area contributed by atoms with Crippen LogP contribution in [0.5, 0.6) is 11.5 Å². The Hall–Kier alpha value is -2.50. The van der Waals surface area contributed by atoms with Gasteiger partial charge in [-0.05, 0) is 29.7 Å². The Morgan fingerprint density at radius 3 is 2.55 bits per heavy atom. The molecule has 2 aromatic rings. The van der Waals surface area contributed by atoms with Gasteiger partial charge in [-0.15, -0.1) is 0 Å². The van der Waals surface area contributed by atoms with Crippen LogP contribution in [-0.4, -0.2) is 33.5 Å². The monoisotopic (exact) mass is 276 g/mol. The molecule has 0 bridgehead atoms. The smallest absolute Gasteiger partial charge is 0.353 e. The number of aromatic amines is 1. The molecule has 0 aliphatic heterocycles. The summed E-state index contributed by atoms with van der Waals surface area (Å²) in [5.74, 6) is -0.596. The fraction of sp³-hybridized carbons (Fsp3) is 0.286. The predicted octanol–water partition coefficient (Wildman–Crippen LogP) is 2.61. The highest BCUT2D eigenvalue weighted by atomic mass is 16.5. The van der Waals surface area contributed by atoms with Crippen molar-refractivity contribution >= 4 is 5.97 Å². The van der Waals surface area contributed by atoms with Gasteiger partial charge in [0, 0.05) is 5.56 Å². The molecule has 6 heteroatoms. The van der Waals surface area contributed by atoms with E-state index >= 15 is 0 Å². The molecule has 2 rings (SSSR count). The lowest BCUT2D eigenvalue weighted by Gasteiger charge is -2.13. The van der Waals surface area contributed by atoms with Gasteiger partial charge in [-0.3, -0.25) is 5.10 Å². The number of carbonyl (C=O) groups is 1. The first-order valence-electron chi connectivity index (χ1n) is 6.14. The lowest BCUT2D eigenvalue weighted by Crippen LogP contribution is -1.95. The maximum atomic E-state index is 10.9. The maximum Gasteiger partial charge on any atom is 0.353 e. The van der Waals surface area contributed by atoms with Crippen LogP contribution in [0.15, 0.2) is 18.2 Å². The van der Waals surface area contributed by atoms with E-state index in [4.69, 9.17) is 9.84 Å². The van der Waals surface area contributed by atoms with Gasteiger partial charge < -0.3 is 14.9 Å². The number of benzene rings is 1. The number of carboxylic acid groups (broad SMARTS) is 1. The Balaban J connectivity index is 2.60. The molecule has 0 fully saturated rings. The molecule has 0 unspecified atom stereocenters. The number of nitrogens with zero attached hydrogens (tertiary/aromatic N) is 1. The third-order valence-corrected chi connectivity index (χ3v) is 3.05. The summed E-state index contributed by atoms with van der Waals surface area (Å²) in [6.07, 6.45) is 0. The number of phenolic OH excluding ortho intramolecular Hbond substituents is 1. The van der Waals surface area contributed by atoms with Crippen molar-refractivity contribution in [2.24, 2.45) is 0 Å². The van der Waals surface area contributed by atoms with E-state index in [-0.39, 0.29) is 23.1 Å². The van der Waals surface area contributed by atoms with Gasteiger partial charge in [0.05, 0.1) is 12.8 Å². The van der Waals surface area contributed by atoms with Crippen molar-refractivity contribution in [2.75, 3.05) is 7.11 Å². The quantitative estimate of drug-likeness (QED) is 0.797. The highest BCUT2D eigenvalue weighted by Gasteiger charge is 2.18. The van der Waals surface area contributed by atoms with Crippen LogP contribution in [0.3, 0.4) is 0 Å². The topological polar surface area (TPSA) is 95.4 Å². The van der Waals surface area contributed by atoms with Crippen molar-refractivity contribution in [3.8, 4) is 22.8 Å². The Labute approximate surface area is 116 Å². The Morgan fingerprint density at radius 2 is 2.05 bits per heavy atom. The molecule has 0 radical (unpaired) electrons. The number of hydrogen-bond acceptors (Lipinski definition) is 4. The number of phenols is 1. The number of H-pyrrole nitrogens is 1. The first kappa shape index (κ1) is 13.9. The molecule has 0 aliphatic carbocycles. The van der Waals surface area contributed by atoms with Gasteiger partial charge in [0.1, 0.15) is 5.69 Å². The van der Waals surface area contributed by atoms with Crippen LogP contribution in [-0.2, 0) is 0 Å². The second-order valence-electron chi connectivity index (χ2n) is 4.75. The van der Waals surface area contributed by atoms with Crippen LogP contribution in [0.2, 0.25) is 0 Å². The molecule has 6 nitrogen and oxygen atoms in total. The van der Waals surface area contributed by atoms with Crippen molar-refractivity contribution in [3.63, 3.8) is 0 Å². The number of aromatic nitrogens is 2. The summed E-state index contributed by atoms with van der Waals surface area (Å²) in [6.45, 7) is 4.00. The van der Waals surface area contributed by atoms with E-state index in [1.54, 1.807) is 6.07 Å². The molecule has 0 saturated heterocycles. The number of methoxy groups -OCH3 is 1. The summed E-state index contributed by atoms with van der Waals surface area (Å²) in [5.41, 5.74) is 1.87. The van der Waals surface area contributed by atoms with Crippen LogP contribution >= 0.6 is 0 Å². The van der Waals surface area contributed by atoms with Crippen molar-refractivity contribution in [1.29, 1.82) is 0 Å². The Bertz CT molecular complexity index is 647. The third-order valence-electron chi connectivity index (χ3n) is 3.05. The van der Waals surface area contributed by atoms with Crippen LogP contribution in [0.4, 0.5) is 0 Å². The fourth-order valence-electron chi connectivity index (χ4n) is 1.94. The highest BCUT2D eigenvalue weighted by molar-refractivity contribution is 5.87. The van der Waals surface area contributed by atoms with E-state index in [1.807, 2.05) is 19.9 Å². The summed E-state index contributed by atoms with van der Waals surface area (Å²) in [4.78, 5) is 10.9. The molecule has 1 heterocycles. The molecule has 0 saturated carbocycles. The average Bonchev–Trinajstić information content (AvgIpc) is 2.87. The average molecular weight is 276 g/mol. The summed E-state index contributed by atoms with van der Waals surface area (Å²) in [7, 11) is 1.44. The van der Waals surface area contributed by atoms with E-state index in [2.05, 4.69) is 10.2 Å². The van der Waals surface area contributed by atoms with Gasteiger partial charge >= 0.3 is 5.97 Å². The molecule has 3 N–H and O–H groups in total. The van der Waals surface area contributed by atoms with Crippen molar-refractivity contribution in [3.05, 3.63) is 29.5 Å². The van der Waals surface area contributed by atoms with Gasteiger partial charge in [-0.25, -0.2) is 4.79 Å². The minimum atomic E-state index is -1.09. The molecule has 106 valence electrons. The number of nitrogens with one attached hydrogen (secondary N) is 1. The van der Waals surface area contributed by atoms with Gasteiger partial charge in [0.25, 0.3) is 0 Å². The van der Waals surface area contributed by atoms with Crippen LogP contribution < -0.4 is 4.74 Å². The molecule has 1 aromatic carbocycles. The summed E-state index contributed by atoms with van der Waals surface area (Å²) in [5, 5.41) is 25.3. The number of rotatable bonds is 4.